The molecule has 2 bridgehead atoms. The molecule has 2 aromatic carbocycles. The zero-order chi connectivity index (χ0) is 21.9. The molecule has 0 N–H and O–H groups in total. The van der Waals surface area contributed by atoms with Crippen LogP contribution in [0, 0.1) is 11.6 Å². The smallest absolute Gasteiger partial charge is 0.223 e. The van der Waals surface area contributed by atoms with Gasteiger partial charge in [-0.05, 0) is 65.8 Å². The van der Waals surface area contributed by atoms with E-state index in [1.54, 1.807) is 0 Å². The van der Waals surface area contributed by atoms with Crippen molar-refractivity contribution in [3.8, 4) is 0 Å². The highest BCUT2D eigenvalue weighted by Crippen LogP contribution is 2.47. The maximum Gasteiger partial charge on any atom is 0.223 e. The molecule has 1 fully saturated rings. The molecule has 3 nitrogen and oxygen atoms in total. The molecule has 0 saturated carbocycles. The summed E-state index contributed by atoms with van der Waals surface area (Å²) < 4.78 is 28.8. The summed E-state index contributed by atoms with van der Waals surface area (Å²) in [6, 6.07) is 12.2. The summed E-state index contributed by atoms with van der Waals surface area (Å²) in [6.07, 6.45) is 6.09. The van der Waals surface area contributed by atoms with E-state index in [-0.39, 0.29) is 38.8 Å². The van der Waals surface area contributed by atoms with Crippen molar-refractivity contribution in [3.63, 3.8) is 0 Å². The summed E-state index contributed by atoms with van der Waals surface area (Å²) in [6.45, 7) is 4.49. The molecular formula is C24H21BrClF2N3. The summed E-state index contributed by atoms with van der Waals surface area (Å²) >= 11 is 9.11. The highest BCUT2D eigenvalue weighted by molar-refractivity contribution is 9.10. The fraction of sp³-hybridized carbons (Fsp3) is 0.333. The van der Waals surface area contributed by atoms with Crippen LogP contribution in [0.5, 0.6) is 0 Å². The predicted octanol–water partition coefficient (Wildman–Crippen LogP) is 6.75. The van der Waals surface area contributed by atoms with Gasteiger partial charge in [0.25, 0.3) is 0 Å². The van der Waals surface area contributed by atoms with Crippen LogP contribution in [0.2, 0.25) is 5.28 Å². The molecule has 3 aromatic rings. The Morgan fingerprint density at radius 2 is 1.71 bits per heavy atom. The van der Waals surface area contributed by atoms with Crippen molar-refractivity contribution >= 4 is 38.4 Å². The predicted molar refractivity (Wildman–Crippen MR) is 122 cm³/mol. The lowest BCUT2D eigenvalue weighted by molar-refractivity contribution is 0.0328. The summed E-state index contributed by atoms with van der Waals surface area (Å²) in [5.74, 6) is -1.39. The van der Waals surface area contributed by atoms with Gasteiger partial charge in [0.1, 0.15) is 11.3 Å². The lowest BCUT2D eigenvalue weighted by Gasteiger charge is -2.48. The van der Waals surface area contributed by atoms with Gasteiger partial charge in [0.15, 0.2) is 5.82 Å². The SMILES string of the molecule is CC(C)(c1ccccc1)N1C2C=CC1CC(c1nc(Cl)nc3c(F)c(Br)c(F)cc13)C2. The summed E-state index contributed by atoms with van der Waals surface area (Å²) in [5.41, 5.74) is 1.78. The van der Waals surface area contributed by atoms with Gasteiger partial charge in [-0.1, -0.05) is 42.5 Å². The van der Waals surface area contributed by atoms with E-state index in [1.807, 2.05) is 6.07 Å². The van der Waals surface area contributed by atoms with Crippen molar-refractivity contribution in [1.29, 1.82) is 0 Å². The Labute approximate surface area is 193 Å². The number of rotatable bonds is 3. The largest absolute Gasteiger partial charge is 0.281 e. The zero-order valence-electron chi connectivity index (χ0n) is 17.1. The molecule has 2 aliphatic heterocycles. The van der Waals surface area contributed by atoms with E-state index in [2.05, 4.69) is 81.1 Å². The van der Waals surface area contributed by atoms with Gasteiger partial charge in [0.2, 0.25) is 5.28 Å². The molecular weight excluding hydrogens is 484 g/mol. The van der Waals surface area contributed by atoms with E-state index in [4.69, 9.17) is 11.6 Å². The molecule has 2 atom stereocenters. The van der Waals surface area contributed by atoms with Crippen molar-refractivity contribution < 1.29 is 8.78 Å². The quantitative estimate of drug-likeness (QED) is 0.225. The standard InChI is InChI=1S/C24H21BrClF2N3/c1-24(2,14-6-4-3-5-7-14)31-15-8-9-16(31)11-13(10-15)21-17-12-18(27)19(25)20(28)22(17)30-23(26)29-21/h3-9,12-13,15-16H,10-11H2,1-2H3. The first-order valence-corrected chi connectivity index (χ1v) is 11.5. The minimum atomic E-state index is -0.746. The number of aromatic nitrogens is 2. The van der Waals surface area contributed by atoms with Crippen LogP contribution in [0.1, 0.15) is 43.9 Å². The van der Waals surface area contributed by atoms with Crippen molar-refractivity contribution in [2.45, 2.75) is 50.2 Å². The van der Waals surface area contributed by atoms with Gasteiger partial charge in [-0.3, -0.25) is 4.90 Å². The normalized spacial score (nSPS) is 23.6. The van der Waals surface area contributed by atoms with Gasteiger partial charge in [0, 0.05) is 28.9 Å². The van der Waals surface area contributed by atoms with Gasteiger partial charge in [0.05, 0.1) is 10.2 Å². The maximum absolute atomic E-state index is 14.7. The molecule has 1 aromatic heterocycles. The summed E-state index contributed by atoms with van der Waals surface area (Å²) in [5, 5.41) is 0.370. The van der Waals surface area contributed by atoms with Crippen molar-refractivity contribution in [3.05, 3.63) is 81.2 Å². The minimum Gasteiger partial charge on any atom is -0.281 e. The monoisotopic (exact) mass is 503 g/mol. The van der Waals surface area contributed by atoms with E-state index in [0.29, 0.717) is 11.1 Å². The second-order valence-electron chi connectivity index (χ2n) is 8.78. The Balaban J connectivity index is 1.53. The molecule has 31 heavy (non-hydrogen) atoms. The first-order valence-electron chi connectivity index (χ1n) is 10.3. The van der Waals surface area contributed by atoms with Crippen LogP contribution in [0.15, 0.2) is 53.0 Å². The molecule has 2 aliphatic rings. The van der Waals surface area contributed by atoms with Crippen LogP contribution in [0.25, 0.3) is 10.9 Å². The molecule has 7 heteroatoms. The third-order valence-electron chi connectivity index (χ3n) is 6.66. The number of hydrogen-bond donors (Lipinski definition) is 0. The summed E-state index contributed by atoms with van der Waals surface area (Å²) in [4.78, 5) is 11.0. The third kappa shape index (κ3) is 3.40. The Bertz CT molecular complexity index is 1180. The van der Waals surface area contributed by atoms with E-state index in [9.17, 15) is 8.78 Å². The van der Waals surface area contributed by atoms with Gasteiger partial charge in [-0.15, -0.1) is 0 Å². The molecule has 1 saturated heterocycles. The van der Waals surface area contributed by atoms with Crippen LogP contribution in [-0.2, 0) is 5.54 Å². The first-order chi connectivity index (χ1) is 14.8. The lowest BCUT2D eigenvalue weighted by atomic mass is 9.81. The summed E-state index contributed by atoms with van der Waals surface area (Å²) in [7, 11) is 0. The number of hydrogen-bond acceptors (Lipinski definition) is 3. The van der Waals surface area contributed by atoms with E-state index in [1.165, 1.54) is 11.6 Å². The van der Waals surface area contributed by atoms with Crippen LogP contribution >= 0.6 is 27.5 Å². The van der Waals surface area contributed by atoms with Crippen LogP contribution in [-0.4, -0.2) is 27.0 Å². The molecule has 0 aliphatic carbocycles. The van der Waals surface area contributed by atoms with Gasteiger partial charge >= 0.3 is 0 Å². The van der Waals surface area contributed by atoms with Crippen LogP contribution in [0.3, 0.4) is 0 Å². The molecule has 2 unspecified atom stereocenters. The highest BCUT2D eigenvalue weighted by Gasteiger charge is 2.45. The molecule has 0 spiro atoms. The van der Waals surface area contributed by atoms with Crippen molar-refractivity contribution in [2.24, 2.45) is 0 Å². The van der Waals surface area contributed by atoms with E-state index < -0.39 is 11.6 Å². The second-order valence-corrected chi connectivity index (χ2v) is 9.91. The first kappa shape index (κ1) is 21.0. The third-order valence-corrected chi connectivity index (χ3v) is 7.56. The highest BCUT2D eigenvalue weighted by atomic mass is 79.9. The number of benzene rings is 2. The second kappa shape index (κ2) is 7.61. The fourth-order valence-corrected chi connectivity index (χ4v) is 5.75. The molecule has 160 valence electrons. The Morgan fingerprint density at radius 1 is 1.06 bits per heavy atom. The number of halogens is 4. The Kier molecular flexibility index (Phi) is 5.15. The number of piperidine rings is 1. The van der Waals surface area contributed by atoms with E-state index >= 15 is 0 Å². The Hall–Kier alpha value is -1.89. The maximum atomic E-state index is 14.7. The zero-order valence-corrected chi connectivity index (χ0v) is 19.5. The van der Waals surface area contributed by atoms with Crippen molar-refractivity contribution in [2.75, 3.05) is 0 Å². The lowest BCUT2D eigenvalue weighted by Crippen LogP contribution is -2.53. The number of nitrogens with zero attached hydrogens (tertiary/aromatic N) is 3. The molecule has 3 heterocycles. The van der Waals surface area contributed by atoms with Crippen LogP contribution in [0.4, 0.5) is 8.78 Å². The average molecular weight is 505 g/mol. The van der Waals surface area contributed by atoms with Gasteiger partial charge < -0.3 is 0 Å². The molecule has 5 rings (SSSR count). The van der Waals surface area contributed by atoms with Crippen molar-refractivity contribution in [1.82, 2.24) is 14.9 Å². The topological polar surface area (TPSA) is 29.0 Å². The fourth-order valence-electron chi connectivity index (χ4n) is 5.28. The van der Waals surface area contributed by atoms with Crippen LogP contribution < -0.4 is 0 Å². The number of fused-ring (bicyclic) bond motifs is 3. The van der Waals surface area contributed by atoms with Gasteiger partial charge in [-0.25, -0.2) is 18.7 Å². The van der Waals surface area contributed by atoms with Gasteiger partial charge in [-0.2, -0.15) is 0 Å². The van der Waals surface area contributed by atoms with E-state index in [0.717, 1.165) is 12.8 Å². The average Bonchev–Trinajstić information content (AvgIpc) is 3.04. The molecule has 0 amide bonds. The Morgan fingerprint density at radius 3 is 2.35 bits per heavy atom. The molecule has 0 radical (unpaired) electrons. The minimum absolute atomic E-state index is 0.0211.